The van der Waals surface area contributed by atoms with Crippen LogP contribution in [0.25, 0.3) is 0 Å². The number of aliphatic hydroxyl groups is 1. The molecule has 0 bridgehead atoms. The molecule has 0 radical (unpaired) electrons. The molecule has 0 saturated heterocycles. The summed E-state index contributed by atoms with van der Waals surface area (Å²) in [7, 11) is 0. The molecule has 0 amide bonds. The number of aliphatic hydroxyl groups excluding tert-OH is 1. The van der Waals surface area contributed by atoms with E-state index in [1.54, 1.807) is 12.1 Å². The smallest absolute Gasteiger partial charge is 0.125 e. The normalized spacial score (nSPS) is 21.5. The predicted octanol–water partition coefficient (Wildman–Crippen LogP) is 2.55. The van der Waals surface area contributed by atoms with Crippen LogP contribution in [0.1, 0.15) is 24.5 Å². The van der Waals surface area contributed by atoms with E-state index >= 15 is 0 Å². The van der Waals surface area contributed by atoms with Gasteiger partial charge in [0.25, 0.3) is 0 Å². The first-order valence-corrected chi connectivity index (χ1v) is 4.75. The topological polar surface area (TPSA) is 29.5 Å². The summed E-state index contributed by atoms with van der Waals surface area (Å²) in [6.45, 7) is 0.672. The van der Waals surface area contributed by atoms with E-state index in [2.05, 4.69) is 0 Å². The van der Waals surface area contributed by atoms with E-state index in [-0.39, 0.29) is 0 Å². The van der Waals surface area contributed by atoms with Crippen LogP contribution in [0, 0.1) is 0 Å². The van der Waals surface area contributed by atoms with Gasteiger partial charge in [-0.1, -0.05) is 11.6 Å². The van der Waals surface area contributed by atoms with Crippen molar-refractivity contribution in [2.75, 3.05) is 6.61 Å². The number of hydrogen-bond donors (Lipinski definition) is 1. The van der Waals surface area contributed by atoms with Gasteiger partial charge in [0.15, 0.2) is 0 Å². The molecule has 3 heteroatoms. The van der Waals surface area contributed by atoms with E-state index in [4.69, 9.17) is 16.3 Å². The van der Waals surface area contributed by atoms with Crippen LogP contribution in [0.2, 0.25) is 5.02 Å². The van der Waals surface area contributed by atoms with Crippen molar-refractivity contribution in [3.05, 3.63) is 28.8 Å². The number of rotatable bonds is 0. The van der Waals surface area contributed by atoms with Crippen LogP contribution in [-0.4, -0.2) is 11.7 Å². The van der Waals surface area contributed by atoms with Crippen molar-refractivity contribution in [1.29, 1.82) is 0 Å². The van der Waals surface area contributed by atoms with Crippen molar-refractivity contribution in [1.82, 2.24) is 0 Å². The number of hydrogen-bond acceptors (Lipinski definition) is 2. The van der Waals surface area contributed by atoms with Crippen LogP contribution in [0.4, 0.5) is 0 Å². The van der Waals surface area contributed by atoms with Gasteiger partial charge in [0.2, 0.25) is 0 Å². The number of fused-ring (bicyclic) bond motifs is 1. The highest BCUT2D eigenvalue weighted by molar-refractivity contribution is 6.30. The van der Waals surface area contributed by atoms with Crippen LogP contribution >= 0.6 is 11.6 Å². The Morgan fingerprint density at radius 3 is 3.15 bits per heavy atom. The average molecular weight is 199 g/mol. The second-order valence-electron chi connectivity index (χ2n) is 3.19. The molecular formula is C10H11ClO2. The second-order valence-corrected chi connectivity index (χ2v) is 3.63. The summed E-state index contributed by atoms with van der Waals surface area (Å²) in [5, 5.41) is 10.4. The monoisotopic (exact) mass is 198 g/mol. The summed E-state index contributed by atoms with van der Waals surface area (Å²) in [5.74, 6) is 0.759. The first-order valence-electron chi connectivity index (χ1n) is 4.37. The zero-order valence-electron chi connectivity index (χ0n) is 7.16. The van der Waals surface area contributed by atoms with Gasteiger partial charge in [-0.25, -0.2) is 0 Å². The summed E-state index contributed by atoms with van der Waals surface area (Å²) in [6.07, 6.45) is 1.19. The summed E-state index contributed by atoms with van der Waals surface area (Å²) >= 11 is 5.83. The maximum Gasteiger partial charge on any atom is 0.125 e. The third-order valence-electron chi connectivity index (χ3n) is 2.21. The van der Waals surface area contributed by atoms with Gasteiger partial charge in [-0.15, -0.1) is 0 Å². The van der Waals surface area contributed by atoms with Crippen molar-refractivity contribution in [2.45, 2.75) is 18.9 Å². The van der Waals surface area contributed by atoms with Gasteiger partial charge in [0.1, 0.15) is 5.75 Å². The summed E-state index contributed by atoms with van der Waals surface area (Å²) in [6, 6.07) is 5.36. The van der Waals surface area contributed by atoms with E-state index in [0.717, 1.165) is 24.2 Å². The molecule has 1 N–H and O–H groups in total. The number of benzene rings is 1. The standard InChI is InChI=1S/C10H11ClO2/c11-7-3-4-10-8(6-7)9(12)2-1-5-13-10/h3-4,6,9,12H,1-2,5H2/t9-/m1/s1. The maximum atomic E-state index is 9.73. The Morgan fingerprint density at radius 2 is 2.31 bits per heavy atom. The molecule has 2 rings (SSSR count). The Morgan fingerprint density at radius 1 is 1.46 bits per heavy atom. The fraction of sp³-hybridized carbons (Fsp3) is 0.400. The van der Waals surface area contributed by atoms with Gasteiger partial charge in [-0.05, 0) is 31.0 Å². The molecule has 2 nitrogen and oxygen atoms in total. The highest BCUT2D eigenvalue weighted by Gasteiger charge is 2.17. The van der Waals surface area contributed by atoms with Gasteiger partial charge >= 0.3 is 0 Å². The summed E-state index contributed by atoms with van der Waals surface area (Å²) in [4.78, 5) is 0. The SMILES string of the molecule is O[C@@H]1CCCOc2ccc(Cl)cc21. The minimum absolute atomic E-state index is 0.434. The van der Waals surface area contributed by atoms with E-state index in [0.29, 0.717) is 11.6 Å². The molecule has 0 saturated carbocycles. The molecule has 1 aromatic rings. The zero-order valence-corrected chi connectivity index (χ0v) is 7.92. The van der Waals surface area contributed by atoms with Crippen LogP contribution < -0.4 is 4.74 Å². The lowest BCUT2D eigenvalue weighted by molar-refractivity contribution is 0.167. The van der Waals surface area contributed by atoms with Crippen LogP contribution in [0.15, 0.2) is 18.2 Å². The molecule has 13 heavy (non-hydrogen) atoms. The Kier molecular flexibility index (Phi) is 2.42. The maximum absolute atomic E-state index is 9.73. The van der Waals surface area contributed by atoms with E-state index < -0.39 is 6.10 Å². The minimum atomic E-state index is -0.434. The van der Waals surface area contributed by atoms with Crippen molar-refractivity contribution >= 4 is 11.6 Å². The molecule has 1 atom stereocenters. The van der Waals surface area contributed by atoms with E-state index in [1.165, 1.54) is 0 Å². The third kappa shape index (κ3) is 1.79. The average Bonchev–Trinajstić information content (AvgIpc) is 2.29. The minimum Gasteiger partial charge on any atom is -0.493 e. The molecule has 0 spiro atoms. The first kappa shape index (κ1) is 8.85. The Hall–Kier alpha value is -0.730. The molecule has 0 fully saturated rings. The largest absolute Gasteiger partial charge is 0.493 e. The molecule has 1 heterocycles. The molecule has 1 aliphatic heterocycles. The molecule has 1 aliphatic rings. The Bertz CT molecular complexity index is 312. The summed E-state index contributed by atoms with van der Waals surface area (Å²) in [5.41, 5.74) is 0.810. The van der Waals surface area contributed by atoms with Gasteiger partial charge in [-0.2, -0.15) is 0 Å². The lowest BCUT2D eigenvalue weighted by atomic mass is 10.1. The van der Waals surface area contributed by atoms with Crippen LogP contribution in [0.3, 0.4) is 0 Å². The quantitative estimate of drug-likeness (QED) is 0.694. The van der Waals surface area contributed by atoms with Gasteiger partial charge in [0.05, 0.1) is 12.7 Å². The van der Waals surface area contributed by atoms with Crippen molar-refractivity contribution in [2.24, 2.45) is 0 Å². The molecule has 70 valence electrons. The molecule has 0 aromatic heterocycles. The second kappa shape index (κ2) is 3.56. The van der Waals surface area contributed by atoms with E-state index in [9.17, 15) is 5.11 Å². The highest BCUT2D eigenvalue weighted by Crippen LogP contribution is 2.33. The number of halogens is 1. The first-order chi connectivity index (χ1) is 6.27. The van der Waals surface area contributed by atoms with Crippen LogP contribution in [0.5, 0.6) is 5.75 Å². The Balaban J connectivity index is 2.43. The van der Waals surface area contributed by atoms with Crippen molar-refractivity contribution < 1.29 is 9.84 Å². The number of ether oxygens (including phenoxy) is 1. The fourth-order valence-corrected chi connectivity index (χ4v) is 1.71. The van der Waals surface area contributed by atoms with E-state index in [1.807, 2.05) is 6.07 Å². The molecule has 0 unspecified atom stereocenters. The molecule has 0 aliphatic carbocycles. The lowest BCUT2D eigenvalue weighted by Crippen LogP contribution is -1.95. The molecule has 1 aromatic carbocycles. The highest BCUT2D eigenvalue weighted by atomic mass is 35.5. The van der Waals surface area contributed by atoms with Gasteiger partial charge in [0, 0.05) is 10.6 Å². The van der Waals surface area contributed by atoms with Crippen molar-refractivity contribution in [3.63, 3.8) is 0 Å². The third-order valence-corrected chi connectivity index (χ3v) is 2.45. The van der Waals surface area contributed by atoms with Crippen LogP contribution in [-0.2, 0) is 0 Å². The summed E-state index contributed by atoms with van der Waals surface area (Å²) < 4.78 is 5.46. The molecular weight excluding hydrogens is 188 g/mol. The lowest BCUT2D eigenvalue weighted by Gasteiger charge is -2.10. The van der Waals surface area contributed by atoms with Crippen molar-refractivity contribution in [3.8, 4) is 5.75 Å². The Labute approximate surface area is 82.1 Å². The zero-order chi connectivity index (χ0) is 9.26. The van der Waals surface area contributed by atoms with Gasteiger partial charge < -0.3 is 9.84 Å². The van der Waals surface area contributed by atoms with Gasteiger partial charge in [-0.3, -0.25) is 0 Å². The fourth-order valence-electron chi connectivity index (χ4n) is 1.53. The predicted molar refractivity (Wildman–Crippen MR) is 51.1 cm³/mol.